The van der Waals surface area contributed by atoms with E-state index in [1.165, 1.54) is 0 Å². The molecule has 0 amide bonds. The van der Waals surface area contributed by atoms with E-state index >= 15 is 0 Å². The van der Waals surface area contributed by atoms with E-state index in [1.54, 1.807) is 0 Å². The molecular weight excluding hydrogens is 210 g/mol. The maximum Gasteiger partial charge on any atom is 0.303 e. The fraction of sp³-hybridized carbons (Fsp3) is 0.636. The molecule has 88 valence electrons. The highest BCUT2D eigenvalue weighted by Crippen LogP contribution is 2.36. The second-order valence-electron chi connectivity index (χ2n) is 4.36. The van der Waals surface area contributed by atoms with Crippen LogP contribution in [0.25, 0.3) is 0 Å². The first-order valence-corrected chi connectivity index (χ1v) is 5.43. The molecule has 0 saturated heterocycles. The molecule has 2 rings (SSSR count). The lowest BCUT2D eigenvalue weighted by molar-refractivity contribution is -0.137. The maximum atomic E-state index is 10.5. The van der Waals surface area contributed by atoms with Gasteiger partial charge in [0, 0.05) is 18.4 Å². The van der Waals surface area contributed by atoms with Gasteiger partial charge in [-0.05, 0) is 25.7 Å². The Balaban J connectivity index is 2.06. The summed E-state index contributed by atoms with van der Waals surface area (Å²) in [6, 6.07) is 0. The lowest BCUT2D eigenvalue weighted by Crippen LogP contribution is -2.18. The number of nitrogens with zero attached hydrogens (tertiary/aromatic N) is 1. The Morgan fingerprint density at radius 2 is 2.38 bits per heavy atom. The first-order chi connectivity index (χ1) is 7.58. The maximum absolute atomic E-state index is 10.5. The highest BCUT2D eigenvalue weighted by atomic mass is 16.5. The van der Waals surface area contributed by atoms with Crippen LogP contribution in [-0.2, 0) is 11.2 Å². The molecule has 0 radical (unpaired) electrons. The summed E-state index contributed by atoms with van der Waals surface area (Å²) in [5.41, 5.74) is 1.53. The number of aromatic nitrogens is 1. The number of fused-ring (bicyclic) bond motifs is 1. The summed E-state index contributed by atoms with van der Waals surface area (Å²) in [6.07, 6.45) is 1.43. The van der Waals surface area contributed by atoms with E-state index in [4.69, 9.17) is 9.63 Å². The molecule has 0 bridgehead atoms. The summed E-state index contributed by atoms with van der Waals surface area (Å²) >= 11 is 0. The summed E-state index contributed by atoms with van der Waals surface area (Å²) < 4.78 is 5.14. The van der Waals surface area contributed by atoms with Crippen molar-refractivity contribution in [2.24, 2.45) is 5.92 Å². The first kappa shape index (κ1) is 11.1. The fourth-order valence-corrected chi connectivity index (χ4v) is 2.32. The summed E-state index contributed by atoms with van der Waals surface area (Å²) in [5, 5.41) is 22.4. The lowest BCUT2D eigenvalue weighted by atomic mass is 9.83. The Hall–Kier alpha value is -1.36. The molecule has 2 N–H and O–H groups in total. The topological polar surface area (TPSA) is 83.6 Å². The normalized spacial score (nSPS) is 24.1. The largest absolute Gasteiger partial charge is 0.481 e. The van der Waals surface area contributed by atoms with E-state index in [0.717, 1.165) is 11.3 Å². The minimum absolute atomic E-state index is 0.139. The van der Waals surface area contributed by atoms with Gasteiger partial charge in [0.15, 0.2) is 0 Å². The Bertz CT molecular complexity index is 399. The highest BCUT2D eigenvalue weighted by molar-refractivity contribution is 5.66. The zero-order chi connectivity index (χ0) is 11.7. The number of carbonyl (C=O) groups is 1. The van der Waals surface area contributed by atoms with Gasteiger partial charge in [0.1, 0.15) is 5.76 Å². The van der Waals surface area contributed by atoms with E-state index in [9.17, 15) is 9.90 Å². The Morgan fingerprint density at radius 3 is 3.06 bits per heavy atom. The Morgan fingerprint density at radius 1 is 1.62 bits per heavy atom. The van der Waals surface area contributed by atoms with Crippen molar-refractivity contribution >= 4 is 5.97 Å². The van der Waals surface area contributed by atoms with E-state index in [-0.39, 0.29) is 12.3 Å². The zero-order valence-corrected chi connectivity index (χ0v) is 9.14. The van der Waals surface area contributed by atoms with Gasteiger partial charge in [-0.1, -0.05) is 5.16 Å². The molecule has 2 atom stereocenters. The van der Waals surface area contributed by atoms with Crippen molar-refractivity contribution in [3.63, 3.8) is 0 Å². The SMILES string of the molecule is Cc1noc2c1C(O)CC(CCC(=O)O)C2. The number of carboxylic acid groups (broad SMARTS) is 1. The van der Waals surface area contributed by atoms with Crippen LogP contribution in [0.4, 0.5) is 0 Å². The molecule has 1 heterocycles. The molecule has 5 nitrogen and oxygen atoms in total. The van der Waals surface area contributed by atoms with Gasteiger partial charge in [-0.25, -0.2) is 0 Å². The van der Waals surface area contributed by atoms with Gasteiger partial charge in [-0.15, -0.1) is 0 Å². The summed E-state index contributed by atoms with van der Waals surface area (Å²) in [7, 11) is 0. The van der Waals surface area contributed by atoms with Crippen molar-refractivity contribution in [3.05, 3.63) is 17.0 Å². The average Bonchev–Trinajstić information content (AvgIpc) is 2.58. The van der Waals surface area contributed by atoms with Crippen molar-refractivity contribution in [3.8, 4) is 0 Å². The van der Waals surface area contributed by atoms with Gasteiger partial charge in [-0.2, -0.15) is 0 Å². The number of aryl methyl sites for hydroxylation is 1. The predicted molar refractivity (Wildman–Crippen MR) is 54.9 cm³/mol. The van der Waals surface area contributed by atoms with Crippen LogP contribution in [0.3, 0.4) is 0 Å². The van der Waals surface area contributed by atoms with E-state index in [0.29, 0.717) is 25.0 Å². The number of hydrogen-bond donors (Lipinski definition) is 2. The molecule has 1 aliphatic rings. The standard InChI is InChI=1S/C11H15NO4/c1-6-11-8(13)4-7(2-3-10(14)15)5-9(11)16-12-6/h7-8,13H,2-5H2,1H3,(H,14,15). The van der Waals surface area contributed by atoms with Crippen molar-refractivity contribution < 1.29 is 19.5 Å². The lowest BCUT2D eigenvalue weighted by Gasteiger charge is -2.24. The fourth-order valence-electron chi connectivity index (χ4n) is 2.32. The van der Waals surface area contributed by atoms with Crippen LogP contribution < -0.4 is 0 Å². The summed E-state index contributed by atoms with van der Waals surface area (Å²) in [4.78, 5) is 10.5. The number of aliphatic carboxylic acids is 1. The van der Waals surface area contributed by atoms with Crippen molar-refractivity contribution in [1.29, 1.82) is 0 Å². The number of hydrogen-bond acceptors (Lipinski definition) is 4. The third kappa shape index (κ3) is 2.09. The van der Waals surface area contributed by atoms with Gasteiger partial charge >= 0.3 is 5.97 Å². The summed E-state index contributed by atoms with van der Waals surface area (Å²) in [5.74, 6) is 0.0895. The quantitative estimate of drug-likeness (QED) is 0.813. The smallest absolute Gasteiger partial charge is 0.303 e. The summed E-state index contributed by atoms with van der Waals surface area (Å²) in [6.45, 7) is 1.81. The molecule has 16 heavy (non-hydrogen) atoms. The predicted octanol–water partition coefficient (Wildman–Crippen LogP) is 1.44. The number of aliphatic hydroxyl groups excluding tert-OH is 1. The molecule has 0 saturated carbocycles. The van der Waals surface area contributed by atoms with Crippen molar-refractivity contribution in [2.45, 2.75) is 38.7 Å². The number of carboxylic acids is 1. The third-order valence-electron chi connectivity index (χ3n) is 3.11. The number of rotatable bonds is 3. The molecule has 1 aliphatic carbocycles. The van der Waals surface area contributed by atoms with Crippen LogP contribution in [0.1, 0.15) is 42.4 Å². The molecule has 0 aliphatic heterocycles. The van der Waals surface area contributed by atoms with Gasteiger partial charge in [0.25, 0.3) is 0 Å². The molecule has 1 aromatic rings. The monoisotopic (exact) mass is 225 g/mol. The molecule has 1 aromatic heterocycles. The highest BCUT2D eigenvalue weighted by Gasteiger charge is 2.30. The Labute approximate surface area is 93.1 Å². The van der Waals surface area contributed by atoms with Crippen LogP contribution in [0.15, 0.2) is 4.52 Å². The van der Waals surface area contributed by atoms with Crippen LogP contribution in [0.2, 0.25) is 0 Å². The molecule has 0 fully saturated rings. The van der Waals surface area contributed by atoms with Crippen LogP contribution >= 0.6 is 0 Å². The molecule has 0 spiro atoms. The van der Waals surface area contributed by atoms with E-state index < -0.39 is 12.1 Å². The second kappa shape index (κ2) is 4.25. The van der Waals surface area contributed by atoms with E-state index in [1.807, 2.05) is 6.92 Å². The van der Waals surface area contributed by atoms with Crippen molar-refractivity contribution in [2.75, 3.05) is 0 Å². The van der Waals surface area contributed by atoms with Crippen LogP contribution in [0.5, 0.6) is 0 Å². The average molecular weight is 225 g/mol. The van der Waals surface area contributed by atoms with Crippen molar-refractivity contribution in [1.82, 2.24) is 5.16 Å². The van der Waals surface area contributed by atoms with Crippen LogP contribution in [-0.4, -0.2) is 21.3 Å². The first-order valence-electron chi connectivity index (χ1n) is 5.43. The van der Waals surface area contributed by atoms with Gasteiger partial charge in [0.2, 0.25) is 0 Å². The Kier molecular flexibility index (Phi) is 2.96. The minimum atomic E-state index is -0.797. The third-order valence-corrected chi connectivity index (χ3v) is 3.11. The van der Waals surface area contributed by atoms with Gasteiger partial charge < -0.3 is 14.7 Å². The molecule has 0 aromatic carbocycles. The molecule has 5 heteroatoms. The molecular formula is C11H15NO4. The van der Waals surface area contributed by atoms with Crippen LogP contribution in [0, 0.1) is 12.8 Å². The zero-order valence-electron chi connectivity index (χ0n) is 9.14. The van der Waals surface area contributed by atoms with Gasteiger partial charge in [0.05, 0.1) is 11.8 Å². The molecule has 2 unspecified atom stereocenters. The van der Waals surface area contributed by atoms with E-state index in [2.05, 4.69) is 5.16 Å². The number of aliphatic hydroxyl groups is 1. The second-order valence-corrected chi connectivity index (χ2v) is 4.36. The van der Waals surface area contributed by atoms with Gasteiger partial charge in [-0.3, -0.25) is 4.79 Å². The minimum Gasteiger partial charge on any atom is -0.481 e.